The lowest BCUT2D eigenvalue weighted by Gasteiger charge is -2.15. The van der Waals surface area contributed by atoms with Crippen molar-refractivity contribution in [2.45, 2.75) is 25.5 Å². The van der Waals surface area contributed by atoms with Gasteiger partial charge in [0.05, 0.1) is 20.3 Å². The van der Waals surface area contributed by atoms with Gasteiger partial charge in [-0.05, 0) is 30.5 Å². The molecule has 1 aromatic rings. The van der Waals surface area contributed by atoms with Gasteiger partial charge >= 0.3 is 5.97 Å². The topological polar surface area (TPSA) is 81.2 Å². The maximum absolute atomic E-state index is 11.8. The van der Waals surface area contributed by atoms with Crippen LogP contribution in [0.2, 0.25) is 0 Å². The number of esters is 1. The second-order valence-corrected chi connectivity index (χ2v) is 5.47. The van der Waals surface area contributed by atoms with E-state index in [1.165, 1.54) is 14.2 Å². The van der Waals surface area contributed by atoms with Crippen molar-refractivity contribution in [1.29, 1.82) is 0 Å². The second kappa shape index (κ2) is 11.1. The van der Waals surface area contributed by atoms with E-state index < -0.39 is 5.97 Å². The molecular weight excluding hydrogens is 437 g/mol. The number of carbonyl (C=O) groups is 1. The first-order chi connectivity index (χ1) is 11.7. The Morgan fingerprint density at radius 1 is 1.36 bits per heavy atom. The van der Waals surface area contributed by atoms with Gasteiger partial charge in [-0.1, -0.05) is 6.07 Å². The van der Waals surface area contributed by atoms with Crippen LogP contribution in [-0.4, -0.2) is 52.5 Å². The molecule has 2 N–H and O–H groups in total. The van der Waals surface area contributed by atoms with E-state index in [4.69, 9.17) is 14.2 Å². The minimum Gasteiger partial charge on any atom is -0.496 e. The molecule has 0 amide bonds. The Labute approximate surface area is 165 Å². The molecule has 0 spiro atoms. The fourth-order valence-corrected chi connectivity index (χ4v) is 2.56. The van der Waals surface area contributed by atoms with Gasteiger partial charge < -0.3 is 24.8 Å². The van der Waals surface area contributed by atoms with Crippen molar-refractivity contribution < 1.29 is 19.0 Å². The zero-order chi connectivity index (χ0) is 17.4. The van der Waals surface area contributed by atoms with Gasteiger partial charge in [0.15, 0.2) is 5.96 Å². The molecule has 140 valence electrons. The van der Waals surface area contributed by atoms with Crippen molar-refractivity contribution in [3.05, 3.63) is 29.3 Å². The normalized spacial score (nSPS) is 16.8. The highest BCUT2D eigenvalue weighted by Gasteiger charge is 2.16. The first-order valence-corrected chi connectivity index (χ1v) is 7.99. The molecule has 1 aromatic carbocycles. The van der Waals surface area contributed by atoms with Crippen LogP contribution in [0.25, 0.3) is 0 Å². The van der Waals surface area contributed by atoms with Gasteiger partial charge in [-0.25, -0.2) is 4.79 Å². The van der Waals surface area contributed by atoms with Crippen LogP contribution in [0.15, 0.2) is 23.2 Å². The van der Waals surface area contributed by atoms with Crippen LogP contribution >= 0.6 is 24.0 Å². The number of benzene rings is 1. The lowest BCUT2D eigenvalue weighted by Crippen LogP contribution is -2.40. The van der Waals surface area contributed by atoms with Gasteiger partial charge in [0, 0.05) is 26.7 Å². The Morgan fingerprint density at radius 3 is 2.76 bits per heavy atom. The Kier molecular flexibility index (Phi) is 9.58. The number of aliphatic imine (C=N–C) groups is 1. The summed E-state index contributed by atoms with van der Waals surface area (Å²) in [5.74, 6) is 0.766. The molecule has 0 saturated carbocycles. The fraction of sp³-hybridized carbons (Fsp3) is 0.529. The number of halogens is 1. The molecule has 0 aromatic heterocycles. The van der Waals surface area contributed by atoms with Crippen molar-refractivity contribution in [3.63, 3.8) is 0 Å². The lowest BCUT2D eigenvalue weighted by atomic mass is 10.1. The third-order valence-electron chi connectivity index (χ3n) is 3.87. The molecule has 25 heavy (non-hydrogen) atoms. The van der Waals surface area contributed by atoms with Crippen LogP contribution in [-0.2, 0) is 16.0 Å². The Hall–Kier alpha value is -1.55. The minimum absolute atomic E-state index is 0. The number of hydrogen-bond acceptors (Lipinski definition) is 5. The van der Waals surface area contributed by atoms with Crippen LogP contribution in [0.1, 0.15) is 28.8 Å². The van der Waals surface area contributed by atoms with Gasteiger partial charge in [-0.15, -0.1) is 24.0 Å². The van der Waals surface area contributed by atoms with E-state index in [1.807, 2.05) is 6.07 Å². The average molecular weight is 463 g/mol. The molecule has 0 aliphatic carbocycles. The van der Waals surface area contributed by atoms with Crippen LogP contribution in [0.5, 0.6) is 5.75 Å². The number of rotatable bonds is 6. The molecule has 8 heteroatoms. The molecule has 0 bridgehead atoms. The fourth-order valence-electron chi connectivity index (χ4n) is 2.56. The van der Waals surface area contributed by atoms with E-state index in [1.54, 1.807) is 19.2 Å². The van der Waals surface area contributed by atoms with Gasteiger partial charge in [0.25, 0.3) is 0 Å². The van der Waals surface area contributed by atoms with Gasteiger partial charge in [0.1, 0.15) is 11.3 Å². The maximum atomic E-state index is 11.8. The Balaban J connectivity index is 0.00000312. The Morgan fingerprint density at radius 2 is 2.16 bits per heavy atom. The first kappa shape index (κ1) is 21.5. The standard InChI is InChI=1S/C17H25N3O4.HI/c1-18-17(20-11-13-5-4-8-24-13)19-10-12-6-7-15(22-2)14(9-12)16(21)23-3;/h6-7,9,13H,4-5,8,10-11H2,1-3H3,(H2,18,19,20);1H. The predicted molar refractivity (Wildman–Crippen MR) is 107 cm³/mol. The van der Waals surface area contributed by atoms with Crippen LogP contribution < -0.4 is 15.4 Å². The van der Waals surface area contributed by atoms with Crippen LogP contribution in [0, 0.1) is 0 Å². The van der Waals surface area contributed by atoms with Crippen LogP contribution in [0.4, 0.5) is 0 Å². The number of methoxy groups -OCH3 is 2. The van der Waals surface area contributed by atoms with Gasteiger partial charge in [0.2, 0.25) is 0 Å². The highest BCUT2D eigenvalue weighted by atomic mass is 127. The highest BCUT2D eigenvalue weighted by Crippen LogP contribution is 2.20. The molecule has 1 aliphatic heterocycles. The minimum atomic E-state index is -0.422. The van der Waals surface area contributed by atoms with Crippen molar-refractivity contribution in [3.8, 4) is 5.75 Å². The summed E-state index contributed by atoms with van der Waals surface area (Å²) < 4.78 is 15.6. The van der Waals surface area contributed by atoms with E-state index in [0.29, 0.717) is 23.8 Å². The summed E-state index contributed by atoms with van der Waals surface area (Å²) in [6, 6.07) is 5.41. The highest BCUT2D eigenvalue weighted by molar-refractivity contribution is 14.0. The van der Waals surface area contributed by atoms with Gasteiger partial charge in [-0.3, -0.25) is 4.99 Å². The largest absolute Gasteiger partial charge is 0.496 e. The molecule has 1 heterocycles. The van der Waals surface area contributed by atoms with Crippen molar-refractivity contribution in [1.82, 2.24) is 10.6 Å². The van der Waals surface area contributed by atoms with Crippen molar-refractivity contribution >= 4 is 35.9 Å². The van der Waals surface area contributed by atoms with E-state index in [-0.39, 0.29) is 30.1 Å². The molecule has 1 fully saturated rings. The van der Waals surface area contributed by atoms with Crippen LogP contribution in [0.3, 0.4) is 0 Å². The summed E-state index contributed by atoms with van der Waals surface area (Å²) in [6.45, 7) is 2.09. The maximum Gasteiger partial charge on any atom is 0.341 e. The SMILES string of the molecule is CN=C(NCc1ccc(OC)c(C(=O)OC)c1)NCC1CCCO1.I. The third-order valence-corrected chi connectivity index (χ3v) is 3.87. The monoisotopic (exact) mass is 463 g/mol. The quantitative estimate of drug-likeness (QED) is 0.291. The van der Waals surface area contributed by atoms with E-state index in [0.717, 1.165) is 31.6 Å². The van der Waals surface area contributed by atoms with E-state index >= 15 is 0 Å². The average Bonchev–Trinajstić information content (AvgIpc) is 3.14. The molecule has 1 saturated heterocycles. The molecule has 2 rings (SSSR count). The molecule has 0 radical (unpaired) electrons. The summed E-state index contributed by atoms with van der Waals surface area (Å²) in [6.07, 6.45) is 2.43. The number of nitrogens with zero attached hydrogens (tertiary/aromatic N) is 1. The van der Waals surface area contributed by atoms with Gasteiger partial charge in [-0.2, -0.15) is 0 Å². The zero-order valence-electron chi connectivity index (χ0n) is 14.8. The zero-order valence-corrected chi connectivity index (χ0v) is 17.2. The smallest absolute Gasteiger partial charge is 0.341 e. The number of ether oxygens (including phenoxy) is 3. The van der Waals surface area contributed by atoms with E-state index in [2.05, 4.69) is 15.6 Å². The van der Waals surface area contributed by atoms with Crippen molar-refractivity contribution in [2.75, 3.05) is 34.4 Å². The summed E-state index contributed by atoms with van der Waals surface area (Å²) in [7, 11) is 4.60. The number of hydrogen-bond donors (Lipinski definition) is 2. The summed E-state index contributed by atoms with van der Waals surface area (Å²) in [4.78, 5) is 16.0. The predicted octanol–water partition coefficient (Wildman–Crippen LogP) is 1.94. The lowest BCUT2D eigenvalue weighted by molar-refractivity contribution is 0.0597. The molecular formula is C17H26IN3O4. The number of nitrogens with one attached hydrogen (secondary N) is 2. The molecule has 1 aliphatic rings. The number of guanidine groups is 1. The molecule has 7 nitrogen and oxygen atoms in total. The molecule has 1 atom stereocenters. The molecule has 1 unspecified atom stereocenters. The second-order valence-electron chi connectivity index (χ2n) is 5.47. The Bertz CT molecular complexity index is 589. The summed E-state index contributed by atoms with van der Waals surface area (Å²) >= 11 is 0. The summed E-state index contributed by atoms with van der Waals surface area (Å²) in [5, 5.41) is 6.47. The summed E-state index contributed by atoms with van der Waals surface area (Å²) in [5.41, 5.74) is 1.33. The van der Waals surface area contributed by atoms with E-state index in [9.17, 15) is 4.79 Å². The van der Waals surface area contributed by atoms with Crippen molar-refractivity contribution in [2.24, 2.45) is 4.99 Å². The first-order valence-electron chi connectivity index (χ1n) is 7.99. The number of carbonyl (C=O) groups excluding carboxylic acids is 1. The third kappa shape index (κ3) is 6.35.